The first-order chi connectivity index (χ1) is 9.50. The normalized spacial score (nSPS) is 9.32. The minimum Gasteiger partial charge on any atom is -0.726 e. The SMILES string of the molecule is CCCCCC=CC(C)=O.NO.O=S(=O)([O-])O.O=S(O)O.[Na+]. The van der Waals surface area contributed by atoms with Crippen LogP contribution in [0.2, 0.25) is 0 Å². The van der Waals surface area contributed by atoms with E-state index in [0.717, 1.165) is 6.42 Å². The van der Waals surface area contributed by atoms with E-state index in [1.54, 1.807) is 13.0 Å². The van der Waals surface area contributed by atoms with E-state index in [1.807, 2.05) is 6.08 Å². The van der Waals surface area contributed by atoms with Crippen molar-refractivity contribution in [2.24, 2.45) is 5.90 Å². The summed E-state index contributed by atoms with van der Waals surface area (Å²) in [6.07, 6.45) is 8.37. The largest absolute Gasteiger partial charge is 1.00 e. The number of ketones is 1. The summed E-state index contributed by atoms with van der Waals surface area (Å²) < 4.78 is 55.7. The van der Waals surface area contributed by atoms with Crippen molar-refractivity contribution in [3.8, 4) is 0 Å². The van der Waals surface area contributed by atoms with Crippen LogP contribution in [0.1, 0.15) is 39.5 Å². The Morgan fingerprint density at radius 2 is 1.59 bits per heavy atom. The number of hydrogen-bond acceptors (Lipinski definition) is 7. The van der Waals surface area contributed by atoms with Crippen LogP contribution in [0.3, 0.4) is 0 Å². The summed E-state index contributed by atoms with van der Waals surface area (Å²) in [6, 6.07) is 0. The Balaban J connectivity index is -0.0000000681. The van der Waals surface area contributed by atoms with Gasteiger partial charge in [-0.3, -0.25) is 18.5 Å². The van der Waals surface area contributed by atoms with Gasteiger partial charge in [0.05, 0.1) is 0 Å². The molecule has 0 unspecified atom stereocenters. The topological polar surface area (TPSA) is 198 Å². The van der Waals surface area contributed by atoms with Crippen LogP contribution in [-0.2, 0) is 26.6 Å². The standard InChI is InChI=1S/C9H16O.H3NO.Na.H2O4S.H2O3S/c1-3-4-5-6-7-8-9(2)10;1-2;;1-5(2,3)4;1-4(2)3/h7-8H,3-6H2,1-2H3;2H,1H2;;(H2,1,2,3,4);(H2,1,2,3)/q;;+1;;/p-1. The maximum absolute atomic E-state index is 10.4. The zero-order valence-electron chi connectivity index (χ0n) is 12.7. The molecule has 0 aromatic carbocycles. The number of nitrogens with two attached hydrogens (primary N) is 1. The predicted molar refractivity (Wildman–Crippen MR) is 75.7 cm³/mol. The molecule has 0 radical (unpaired) electrons. The second-order valence-corrected chi connectivity index (χ2v) is 4.48. The van der Waals surface area contributed by atoms with E-state index in [4.69, 9.17) is 36.0 Å². The maximum Gasteiger partial charge on any atom is 1.00 e. The molecular weight excluding hydrogens is 353 g/mol. The van der Waals surface area contributed by atoms with Crippen molar-refractivity contribution in [1.82, 2.24) is 0 Å². The third-order valence-corrected chi connectivity index (χ3v) is 1.33. The monoisotopic (exact) mass is 375 g/mol. The van der Waals surface area contributed by atoms with Crippen LogP contribution in [0.5, 0.6) is 0 Å². The molecule has 0 fully saturated rings. The molecule has 0 aromatic rings. The van der Waals surface area contributed by atoms with E-state index in [-0.39, 0.29) is 35.3 Å². The molecule has 0 heterocycles. The van der Waals surface area contributed by atoms with E-state index < -0.39 is 21.8 Å². The number of rotatable bonds is 5. The fraction of sp³-hybridized carbons (Fsp3) is 0.667. The smallest absolute Gasteiger partial charge is 0.726 e. The second-order valence-electron chi connectivity index (χ2n) is 3.17. The van der Waals surface area contributed by atoms with Gasteiger partial charge in [0.15, 0.2) is 5.78 Å². The van der Waals surface area contributed by atoms with Gasteiger partial charge in [-0.15, -0.1) is 0 Å². The Kier molecular flexibility index (Phi) is 40.2. The van der Waals surface area contributed by atoms with E-state index in [9.17, 15) is 4.79 Å². The summed E-state index contributed by atoms with van der Waals surface area (Å²) in [5.41, 5.74) is 0. The van der Waals surface area contributed by atoms with Crippen molar-refractivity contribution in [3.63, 3.8) is 0 Å². The Labute approximate surface area is 155 Å². The molecular formula is C9H22NNaO9S2. The number of allylic oxidation sites excluding steroid dienone is 2. The van der Waals surface area contributed by atoms with Gasteiger partial charge in [0.25, 0.3) is 11.4 Å². The van der Waals surface area contributed by atoms with E-state index in [2.05, 4.69) is 12.8 Å². The summed E-state index contributed by atoms with van der Waals surface area (Å²) >= 11 is -2.61. The Hall–Kier alpha value is 0.270. The van der Waals surface area contributed by atoms with Crippen LogP contribution in [0.4, 0.5) is 0 Å². The molecule has 0 aromatic heterocycles. The first-order valence-corrected chi connectivity index (χ1v) is 7.84. The van der Waals surface area contributed by atoms with E-state index in [0.29, 0.717) is 0 Å². The van der Waals surface area contributed by atoms with Gasteiger partial charge < -0.3 is 9.76 Å². The molecule has 0 spiro atoms. The molecule has 0 amide bonds. The third kappa shape index (κ3) is 142. The molecule has 22 heavy (non-hydrogen) atoms. The number of carbonyl (C=O) groups is 1. The molecule has 0 saturated heterocycles. The van der Waals surface area contributed by atoms with Crippen molar-refractivity contribution in [2.75, 3.05) is 0 Å². The summed E-state index contributed by atoms with van der Waals surface area (Å²) in [4.78, 5) is 10.4. The average Bonchev–Trinajstić information content (AvgIpc) is 2.28. The molecule has 13 heteroatoms. The minimum atomic E-state index is -4.92. The average molecular weight is 375 g/mol. The van der Waals surface area contributed by atoms with Gasteiger partial charge in [0.2, 0.25) is 10.4 Å². The number of carbonyl (C=O) groups excluding carboxylic acids is 1. The van der Waals surface area contributed by atoms with Gasteiger partial charge in [-0.05, 0) is 25.8 Å². The van der Waals surface area contributed by atoms with Crippen LogP contribution in [0.15, 0.2) is 12.2 Å². The Bertz CT molecular complexity index is 361. The summed E-state index contributed by atoms with van der Waals surface area (Å²) in [5, 5.41) is 6.50. The van der Waals surface area contributed by atoms with Crippen LogP contribution in [-0.4, -0.2) is 41.8 Å². The van der Waals surface area contributed by atoms with E-state index in [1.165, 1.54) is 19.3 Å². The van der Waals surface area contributed by atoms with Crippen molar-refractivity contribution < 1.29 is 70.4 Å². The number of hydrogen-bond donors (Lipinski definition) is 5. The van der Waals surface area contributed by atoms with E-state index >= 15 is 0 Å². The van der Waals surface area contributed by atoms with Crippen LogP contribution >= 0.6 is 0 Å². The zero-order valence-corrected chi connectivity index (χ0v) is 16.3. The first-order valence-electron chi connectivity index (χ1n) is 5.41. The molecule has 0 aliphatic heterocycles. The van der Waals surface area contributed by atoms with Crippen molar-refractivity contribution in [2.45, 2.75) is 39.5 Å². The molecule has 0 saturated carbocycles. The second kappa shape index (κ2) is 26.2. The predicted octanol–water partition coefficient (Wildman–Crippen LogP) is -2.26. The zero-order chi connectivity index (χ0) is 17.9. The van der Waals surface area contributed by atoms with Crippen LogP contribution in [0, 0.1) is 0 Å². The fourth-order valence-corrected chi connectivity index (χ4v) is 0.761. The van der Waals surface area contributed by atoms with Crippen molar-refractivity contribution >= 4 is 27.5 Å². The van der Waals surface area contributed by atoms with Crippen molar-refractivity contribution in [3.05, 3.63) is 12.2 Å². The van der Waals surface area contributed by atoms with Gasteiger partial charge >= 0.3 is 29.6 Å². The van der Waals surface area contributed by atoms with Crippen molar-refractivity contribution in [1.29, 1.82) is 0 Å². The van der Waals surface area contributed by atoms with Gasteiger partial charge in [-0.1, -0.05) is 25.8 Å². The first kappa shape index (κ1) is 33.8. The summed E-state index contributed by atoms with van der Waals surface area (Å²) in [7, 11) is -4.92. The Morgan fingerprint density at radius 3 is 1.82 bits per heavy atom. The summed E-state index contributed by atoms with van der Waals surface area (Å²) in [6.45, 7) is 3.75. The molecule has 0 rings (SSSR count). The van der Waals surface area contributed by atoms with Gasteiger partial charge in [-0.2, -0.15) is 4.21 Å². The molecule has 6 N–H and O–H groups in total. The number of unbranched alkanes of at least 4 members (excludes halogenated alkanes) is 3. The molecule has 130 valence electrons. The summed E-state index contributed by atoms with van der Waals surface area (Å²) in [5.74, 6) is 3.65. The van der Waals surface area contributed by atoms with Crippen LogP contribution in [0.25, 0.3) is 0 Å². The molecule has 0 aliphatic carbocycles. The molecule has 0 bridgehead atoms. The van der Waals surface area contributed by atoms with Gasteiger partial charge in [0.1, 0.15) is 0 Å². The Morgan fingerprint density at radius 1 is 1.27 bits per heavy atom. The van der Waals surface area contributed by atoms with Gasteiger partial charge in [0, 0.05) is 0 Å². The molecule has 0 aliphatic rings. The molecule has 10 nitrogen and oxygen atoms in total. The minimum absolute atomic E-state index is 0. The molecule has 0 atom stereocenters. The third-order valence-electron chi connectivity index (χ3n) is 1.33. The quantitative estimate of drug-likeness (QED) is 0.0664. The van der Waals surface area contributed by atoms with Crippen LogP contribution < -0.4 is 35.5 Å². The maximum atomic E-state index is 10.4. The van der Waals surface area contributed by atoms with Gasteiger partial charge in [-0.25, -0.2) is 14.3 Å². The fourth-order valence-electron chi connectivity index (χ4n) is 0.761.